The lowest BCUT2D eigenvalue weighted by atomic mass is 9.59. The molecule has 128 valence electrons. The van der Waals surface area contributed by atoms with E-state index in [1.54, 1.807) is 0 Å². The van der Waals surface area contributed by atoms with Gasteiger partial charge in [-0.3, -0.25) is 4.98 Å². The first-order valence-corrected chi connectivity index (χ1v) is 9.30. The van der Waals surface area contributed by atoms with Crippen molar-refractivity contribution in [3.63, 3.8) is 0 Å². The Kier molecular flexibility index (Phi) is 3.84. The van der Waals surface area contributed by atoms with Crippen molar-refractivity contribution in [3.05, 3.63) is 34.2 Å². The molecule has 2 heterocycles. The topological polar surface area (TPSA) is 25.4 Å². The van der Waals surface area contributed by atoms with Gasteiger partial charge < -0.3 is 9.64 Å². The van der Waals surface area contributed by atoms with E-state index in [4.69, 9.17) is 4.74 Å². The van der Waals surface area contributed by atoms with Crippen molar-refractivity contribution >= 4 is 32.5 Å². The number of nitrogens with zero attached hydrogens (tertiary/aromatic N) is 2. The van der Waals surface area contributed by atoms with Gasteiger partial charge in [0.15, 0.2) is 0 Å². The Bertz CT molecular complexity index is 802. The highest BCUT2D eigenvalue weighted by Crippen LogP contribution is 2.56. The molecule has 0 atom stereocenters. The number of fused-ring (bicyclic) bond motifs is 4. The first kappa shape index (κ1) is 16.3. The fourth-order valence-corrected chi connectivity index (χ4v) is 4.81. The summed E-state index contributed by atoms with van der Waals surface area (Å²) in [6, 6.07) is 3.43. The van der Waals surface area contributed by atoms with Crippen LogP contribution in [0, 0.1) is 11.7 Å². The molecule has 5 heteroatoms. The third-order valence-corrected chi connectivity index (χ3v) is 6.00. The number of ether oxygens (including phenoxy) is 1. The average molecular weight is 393 g/mol. The van der Waals surface area contributed by atoms with Crippen LogP contribution >= 0.6 is 15.9 Å². The minimum atomic E-state index is -0.257. The van der Waals surface area contributed by atoms with Crippen LogP contribution in [0.2, 0.25) is 0 Å². The smallest absolute Gasteiger partial charge is 0.139 e. The molecule has 2 aromatic rings. The molecule has 1 fully saturated rings. The molecule has 1 aliphatic carbocycles. The summed E-state index contributed by atoms with van der Waals surface area (Å²) in [7, 11) is 2.12. The van der Waals surface area contributed by atoms with Crippen molar-refractivity contribution in [2.45, 2.75) is 38.2 Å². The SMILES string of the molecule is CC(C)OCC1CC2(C1)CN(C)c1cnc3cc(F)c(Br)cc3c12. The lowest BCUT2D eigenvalue weighted by Crippen LogP contribution is -2.46. The Morgan fingerprint density at radius 3 is 2.88 bits per heavy atom. The first-order chi connectivity index (χ1) is 11.4. The van der Waals surface area contributed by atoms with E-state index in [0.29, 0.717) is 10.4 Å². The number of rotatable bonds is 3. The number of aromatic nitrogens is 1. The van der Waals surface area contributed by atoms with E-state index in [-0.39, 0.29) is 17.3 Å². The fourth-order valence-electron chi connectivity index (χ4n) is 4.47. The molecule has 0 radical (unpaired) electrons. The molecule has 0 bridgehead atoms. The van der Waals surface area contributed by atoms with Gasteiger partial charge in [0.05, 0.1) is 28.0 Å². The predicted molar refractivity (Wildman–Crippen MR) is 98.2 cm³/mol. The van der Waals surface area contributed by atoms with Crippen LogP contribution in [0.15, 0.2) is 22.8 Å². The summed E-state index contributed by atoms with van der Waals surface area (Å²) in [5.74, 6) is 0.353. The van der Waals surface area contributed by atoms with Gasteiger partial charge in [-0.25, -0.2) is 4.39 Å². The highest BCUT2D eigenvalue weighted by molar-refractivity contribution is 9.10. The molecule has 0 amide bonds. The lowest BCUT2D eigenvalue weighted by Gasteiger charge is -2.46. The highest BCUT2D eigenvalue weighted by Gasteiger charge is 2.52. The van der Waals surface area contributed by atoms with Crippen LogP contribution in [-0.2, 0) is 10.2 Å². The number of hydrogen-bond donors (Lipinski definition) is 0. The van der Waals surface area contributed by atoms with E-state index < -0.39 is 0 Å². The Labute approximate surface area is 150 Å². The largest absolute Gasteiger partial charge is 0.379 e. The van der Waals surface area contributed by atoms with Crippen molar-refractivity contribution in [2.75, 3.05) is 25.1 Å². The van der Waals surface area contributed by atoms with Gasteiger partial charge in [-0.1, -0.05) is 0 Å². The summed E-state index contributed by atoms with van der Waals surface area (Å²) in [6.45, 7) is 6.01. The molecule has 1 aliphatic heterocycles. The quantitative estimate of drug-likeness (QED) is 0.759. The monoisotopic (exact) mass is 392 g/mol. The van der Waals surface area contributed by atoms with Crippen molar-refractivity contribution in [1.29, 1.82) is 0 Å². The molecule has 0 unspecified atom stereocenters. The van der Waals surface area contributed by atoms with Gasteiger partial charge in [0, 0.05) is 37.1 Å². The molecular weight excluding hydrogens is 371 g/mol. The fraction of sp³-hybridized carbons (Fsp3) is 0.526. The summed E-state index contributed by atoms with van der Waals surface area (Å²) in [4.78, 5) is 6.77. The number of anilines is 1. The van der Waals surface area contributed by atoms with Gasteiger partial charge >= 0.3 is 0 Å². The van der Waals surface area contributed by atoms with Crippen molar-refractivity contribution in [3.8, 4) is 0 Å². The zero-order valence-corrected chi connectivity index (χ0v) is 15.9. The molecule has 1 spiro atoms. The van der Waals surface area contributed by atoms with Crippen molar-refractivity contribution < 1.29 is 9.13 Å². The second-order valence-corrected chi connectivity index (χ2v) is 8.45. The second kappa shape index (κ2) is 5.67. The normalized spacial score (nSPS) is 25.6. The predicted octanol–water partition coefficient (Wildman–Crippen LogP) is 4.66. The van der Waals surface area contributed by atoms with Crippen LogP contribution in [-0.4, -0.2) is 31.3 Å². The standard InChI is InChI=1S/C19H22BrFN2O/c1-11(2)24-9-12-6-19(7-12)10-23(3)17-8-22-16-5-15(21)14(20)4-13(16)18(17)19/h4-5,8,11-12H,6-7,9-10H2,1-3H3. The van der Waals surface area contributed by atoms with Crippen molar-refractivity contribution in [2.24, 2.45) is 5.92 Å². The number of benzene rings is 1. The molecule has 0 saturated heterocycles. The molecule has 2 aliphatic rings. The van der Waals surface area contributed by atoms with Crippen LogP contribution in [0.25, 0.3) is 10.9 Å². The molecule has 1 aromatic heterocycles. The first-order valence-electron chi connectivity index (χ1n) is 8.50. The Morgan fingerprint density at radius 2 is 2.17 bits per heavy atom. The minimum absolute atomic E-state index is 0.160. The highest BCUT2D eigenvalue weighted by atomic mass is 79.9. The van der Waals surface area contributed by atoms with Crippen molar-refractivity contribution in [1.82, 2.24) is 4.98 Å². The van der Waals surface area contributed by atoms with Gasteiger partial charge in [0.2, 0.25) is 0 Å². The molecule has 3 nitrogen and oxygen atoms in total. The summed E-state index contributed by atoms with van der Waals surface area (Å²) >= 11 is 3.33. The Balaban J connectivity index is 1.73. The van der Waals surface area contributed by atoms with E-state index in [9.17, 15) is 4.39 Å². The molecule has 24 heavy (non-hydrogen) atoms. The maximum Gasteiger partial charge on any atom is 0.139 e. The van der Waals surface area contributed by atoms with Crippen LogP contribution in [0.5, 0.6) is 0 Å². The summed E-state index contributed by atoms with van der Waals surface area (Å²) < 4.78 is 20.2. The third kappa shape index (κ3) is 2.44. The average Bonchev–Trinajstić information content (AvgIpc) is 2.79. The Hall–Kier alpha value is -1.20. The Morgan fingerprint density at radius 1 is 1.42 bits per heavy atom. The van der Waals surface area contributed by atoms with Gasteiger partial charge in [-0.2, -0.15) is 0 Å². The summed E-state index contributed by atoms with van der Waals surface area (Å²) in [5.41, 5.74) is 3.43. The number of halogens is 2. The van der Waals surface area contributed by atoms with Gasteiger partial charge in [0.1, 0.15) is 5.82 Å². The van der Waals surface area contributed by atoms with E-state index in [1.807, 2.05) is 12.3 Å². The lowest BCUT2D eigenvalue weighted by molar-refractivity contribution is 0.00302. The second-order valence-electron chi connectivity index (χ2n) is 7.59. The zero-order valence-electron chi connectivity index (χ0n) is 14.3. The number of likely N-dealkylation sites (N-methyl/N-ethyl adjacent to an activating group) is 1. The van der Waals surface area contributed by atoms with E-state index in [0.717, 1.165) is 36.9 Å². The van der Waals surface area contributed by atoms with E-state index in [1.165, 1.54) is 17.3 Å². The van der Waals surface area contributed by atoms with Crippen LogP contribution in [0.1, 0.15) is 32.3 Å². The molecule has 4 rings (SSSR count). The number of pyridine rings is 1. The van der Waals surface area contributed by atoms with E-state index >= 15 is 0 Å². The molecule has 1 saturated carbocycles. The van der Waals surface area contributed by atoms with Gasteiger partial charge in [-0.05, 0) is 60.2 Å². The maximum absolute atomic E-state index is 13.9. The van der Waals surface area contributed by atoms with Crippen LogP contribution in [0.4, 0.5) is 10.1 Å². The summed E-state index contributed by atoms with van der Waals surface area (Å²) in [5, 5.41) is 1.08. The van der Waals surface area contributed by atoms with Crippen LogP contribution in [0.3, 0.4) is 0 Å². The molecule has 1 aromatic carbocycles. The number of hydrogen-bond acceptors (Lipinski definition) is 3. The van der Waals surface area contributed by atoms with E-state index in [2.05, 4.69) is 46.7 Å². The molecule has 0 N–H and O–H groups in total. The van der Waals surface area contributed by atoms with Gasteiger partial charge in [0.25, 0.3) is 0 Å². The zero-order chi connectivity index (χ0) is 17.1. The summed E-state index contributed by atoms with van der Waals surface area (Å²) in [6.07, 6.45) is 4.44. The van der Waals surface area contributed by atoms with Crippen LogP contribution < -0.4 is 4.90 Å². The van der Waals surface area contributed by atoms with Gasteiger partial charge in [-0.15, -0.1) is 0 Å². The maximum atomic E-state index is 13.9. The third-order valence-electron chi connectivity index (χ3n) is 5.40. The molecular formula is C19H22BrFN2O. The minimum Gasteiger partial charge on any atom is -0.379 e.